The molecule has 1 N–H and O–H groups in total. The van der Waals surface area contributed by atoms with Crippen LogP contribution in [0.25, 0.3) is 0 Å². The smallest absolute Gasteiger partial charge is 0.180 e. The predicted octanol–water partition coefficient (Wildman–Crippen LogP) is 2.05. The number of aryl methyl sites for hydroxylation is 1. The number of hydrogen-bond donors (Lipinski definition) is 1. The summed E-state index contributed by atoms with van der Waals surface area (Å²) in [6.07, 6.45) is 4.54. The summed E-state index contributed by atoms with van der Waals surface area (Å²) in [5.74, 6) is 0.949. The van der Waals surface area contributed by atoms with Crippen molar-refractivity contribution in [1.82, 2.24) is 9.97 Å². The highest BCUT2D eigenvalue weighted by Crippen LogP contribution is 2.27. The van der Waals surface area contributed by atoms with E-state index in [2.05, 4.69) is 44.5 Å². The van der Waals surface area contributed by atoms with Crippen molar-refractivity contribution in [3.63, 3.8) is 0 Å². The van der Waals surface area contributed by atoms with Gasteiger partial charge in [-0.2, -0.15) is 0 Å². The molecule has 2 aromatic rings. The monoisotopic (exact) mass is 346 g/mol. The van der Waals surface area contributed by atoms with Crippen molar-refractivity contribution < 1.29 is 8.42 Å². The second-order valence-electron chi connectivity index (χ2n) is 6.05. The molecule has 128 valence electrons. The van der Waals surface area contributed by atoms with Crippen LogP contribution in [0.15, 0.2) is 35.4 Å². The third-order valence-electron chi connectivity index (χ3n) is 4.16. The molecular formula is C17H22N4O2S. The Morgan fingerprint density at radius 2 is 2.08 bits per heavy atom. The average molecular weight is 346 g/mol. The lowest BCUT2D eigenvalue weighted by molar-refractivity contribution is 0.601. The molecule has 0 atom stereocenters. The Morgan fingerprint density at radius 3 is 2.88 bits per heavy atom. The zero-order valence-corrected chi connectivity index (χ0v) is 14.8. The minimum Gasteiger partial charge on any atom is -0.371 e. The van der Waals surface area contributed by atoms with Crippen LogP contribution in [0.5, 0.6) is 0 Å². The van der Waals surface area contributed by atoms with E-state index in [0.717, 1.165) is 25.9 Å². The molecule has 1 aromatic carbocycles. The van der Waals surface area contributed by atoms with E-state index in [0.29, 0.717) is 18.2 Å². The summed E-state index contributed by atoms with van der Waals surface area (Å²) in [6.45, 7) is 4.39. The zero-order chi connectivity index (χ0) is 17.2. The van der Waals surface area contributed by atoms with Crippen LogP contribution in [0.3, 0.4) is 0 Å². The molecule has 1 aliphatic heterocycles. The second-order valence-corrected chi connectivity index (χ2v) is 8.03. The molecule has 0 unspecified atom stereocenters. The van der Waals surface area contributed by atoms with Crippen molar-refractivity contribution >= 4 is 21.3 Å². The molecule has 2 heterocycles. The van der Waals surface area contributed by atoms with Crippen molar-refractivity contribution in [1.29, 1.82) is 0 Å². The van der Waals surface area contributed by atoms with Crippen molar-refractivity contribution in [2.24, 2.45) is 0 Å². The zero-order valence-electron chi connectivity index (χ0n) is 14.0. The Balaban J connectivity index is 1.59. The summed E-state index contributed by atoms with van der Waals surface area (Å²) < 4.78 is 23.6. The van der Waals surface area contributed by atoms with Gasteiger partial charge in [0.25, 0.3) is 0 Å². The highest BCUT2D eigenvalue weighted by molar-refractivity contribution is 7.90. The van der Waals surface area contributed by atoms with Crippen molar-refractivity contribution in [3.8, 4) is 0 Å². The molecule has 0 aliphatic carbocycles. The Hall–Kier alpha value is -2.15. The van der Waals surface area contributed by atoms with Crippen molar-refractivity contribution in [2.75, 3.05) is 36.1 Å². The predicted molar refractivity (Wildman–Crippen MR) is 95.3 cm³/mol. The highest BCUT2D eigenvalue weighted by atomic mass is 32.2. The summed E-state index contributed by atoms with van der Waals surface area (Å²) in [6, 6.07) is 8.48. The molecule has 24 heavy (non-hydrogen) atoms. The molecule has 1 aliphatic rings. The standard InChI is InChI=1S/C17H22N4O2S/c1-13-19-12-16(24(2,22)23)17(20-13)18-9-5-10-21-11-8-14-6-3-4-7-15(14)21/h3-4,6-7,12H,5,8-11H2,1-2H3,(H,18,19,20). The highest BCUT2D eigenvalue weighted by Gasteiger charge is 2.18. The maximum atomic E-state index is 11.8. The first-order chi connectivity index (χ1) is 11.4. The lowest BCUT2D eigenvalue weighted by Crippen LogP contribution is -2.24. The van der Waals surface area contributed by atoms with Crippen LogP contribution in [0.1, 0.15) is 17.8 Å². The quantitative estimate of drug-likeness (QED) is 0.807. The fourth-order valence-electron chi connectivity index (χ4n) is 2.97. The first-order valence-corrected chi connectivity index (χ1v) is 9.95. The Kier molecular flexibility index (Phi) is 4.71. The topological polar surface area (TPSA) is 75.2 Å². The summed E-state index contributed by atoms with van der Waals surface area (Å²) in [5, 5.41) is 3.15. The van der Waals surface area contributed by atoms with E-state index >= 15 is 0 Å². The minimum atomic E-state index is -3.34. The number of aromatic nitrogens is 2. The first-order valence-electron chi connectivity index (χ1n) is 8.05. The molecule has 6 nitrogen and oxygen atoms in total. The van der Waals surface area contributed by atoms with Gasteiger partial charge in [-0.05, 0) is 31.4 Å². The van der Waals surface area contributed by atoms with Crippen LogP contribution in [0.2, 0.25) is 0 Å². The van der Waals surface area contributed by atoms with E-state index in [1.807, 2.05) is 0 Å². The summed E-state index contributed by atoms with van der Waals surface area (Å²) in [4.78, 5) is 10.7. The van der Waals surface area contributed by atoms with Crippen molar-refractivity contribution in [3.05, 3.63) is 41.9 Å². The van der Waals surface area contributed by atoms with Gasteiger partial charge in [-0.3, -0.25) is 0 Å². The van der Waals surface area contributed by atoms with Gasteiger partial charge in [0, 0.05) is 31.6 Å². The third kappa shape index (κ3) is 3.67. The van der Waals surface area contributed by atoms with Gasteiger partial charge in [0.1, 0.15) is 16.5 Å². The Morgan fingerprint density at radius 1 is 1.29 bits per heavy atom. The van der Waals surface area contributed by atoms with Gasteiger partial charge in [-0.25, -0.2) is 18.4 Å². The number of fused-ring (bicyclic) bond motifs is 1. The minimum absolute atomic E-state index is 0.152. The normalized spacial score (nSPS) is 13.8. The molecule has 3 rings (SSSR count). The Labute approximate surface area is 142 Å². The molecule has 1 aromatic heterocycles. The van der Waals surface area contributed by atoms with E-state index < -0.39 is 9.84 Å². The molecule has 0 saturated carbocycles. The van der Waals surface area contributed by atoms with Crippen molar-refractivity contribution in [2.45, 2.75) is 24.7 Å². The lowest BCUT2D eigenvalue weighted by Gasteiger charge is -2.19. The average Bonchev–Trinajstić information content (AvgIpc) is 2.94. The van der Waals surface area contributed by atoms with Crippen LogP contribution in [-0.4, -0.2) is 44.3 Å². The van der Waals surface area contributed by atoms with E-state index in [4.69, 9.17) is 0 Å². The van der Waals surface area contributed by atoms with Gasteiger partial charge in [-0.15, -0.1) is 0 Å². The van der Waals surface area contributed by atoms with E-state index in [-0.39, 0.29) is 4.90 Å². The van der Waals surface area contributed by atoms with Crippen LogP contribution in [-0.2, 0) is 16.3 Å². The fraction of sp³-hybridized carbons (Fsp3) is 0.412. The number of nitrogens with one attached hydrogen (secondary N) is 1. The molecule has 0 amide bonds. The van der Waals surface area contributed by atoms with E-state index in [1.54, 1.807) is 6.92 Å². The number of nitrogens with zero attached hydrogens (tertiary/aromatic N) is 3. The van der Waals surface area contributed by atoms with Crippen LogP contribution >= 0.6 is 0 Å². The number of hydrogen-bond acceptors (Lipinski definition) is 6. The largest absolute Gasteiger partial charge is 0.371 e. The van der Waals surface area contributed by atoms with E-state index in [1.165, 1.54) is 23.7 Å². The maximum absolute atomic E-state index is 11.8. The number of sulfone groups is 1. The second kappa shape index (κ2) is 6.76. The molecular weight excluding hydrogens is 324 g/mol. The molecule has 0 saturated heterocycles. The maximum Gasteiger partial charge on any atom is 0.180 e. The summed E-state index contributed by atoms with van der Waals surface area (Å²) >= 11 is 0. The number of para-hydroxylation sites is 1. The number of rotatable bonds is 6. The first kappa shape index (κ1) is 16.7. The van der Waals surface area contributed by atoms with Gasteiger partial charge in [-0.1, -0.05) is 18.2 Å². The molecule has 0 radical (unpaired) electrons. The van der Waals surface area contributed by atoms with Gasteiger partial charge in [0.2, 0.25) is 0 Å². The molecule has 7 heteroatoms. The lowest BCUT2D eigenvalue weighted by atomic mass is 10.2. The Bertz CT molecular complexity index is 836. The third-order valence-corrected chi connectivity index (χ3v) is 5.25. The van der Waals surface area contributed by atoms with Gasteiger partial charge < -0.3 is 10.2 Å². The molecule has 0 spiro atoms. The SMILES string of the molecule is Cc1ncc(S(C)(=O)=O)c(NCCCN2CCc3ccccc32)n1. The molecule has 0 fully saturated rings. The fourth-order valence-corrected chi connectivity index (χ4v) is 3.69. The molecule has 0 bridgehead atoms. The van der Waals surface area contributed by atoms with Gasteiger partial charge in [0.15, 0.2) is 9.84 Å². The van der Waals surface area contributed by atoms with E-state index in [9.17, 15) is 8.42 Å². The van der Waals surface area contributed by atoms with Gasteiger partial charge >= 0.3 is 0 Å². The summed E-state index contributed by atoms with van der Waals surface area (Å²) in [7, 11) is -3.34. The number of anilines is 2. The van der Waals surface area contributed by atoms with Crippen LogP contribution < -0.4 is 10.2 Å². The summed E-state index contributed by atoms with van der Waals surface area (Å²) in [5.41, 5.74) is 2.71. The van der Waals surface area contributed by atoms with Crippen LogP contribution in [0, 0.1) is 6.92 Å². The van der Waals surface area contributed by atoms with Gasteiger partial charge in [0.05, 0.1) is 6.20 Å². The van der Waals surface area contributed by atoms with Crippen LogP contribution in [0.4, 0.5) is 11.5 Å². The number of benzene rings is 1.